The topological polar surface area (TPSA) is 79.3 Å². The predicted octanol–water partition coefficient (Wildman–Crippen LogP) is 3.83. The van der Waals surface area contributed by atoms with Crippen LogP contribution in [-0.4, -0.2) is 22.0 Å². The molecule has 0 spiro atoms. The Morgan fingerprint density at radius 2 is 1.92 bits per heavy atom. The van der Waals surface area contributed by atoms with Gasteiger partial charge in [0.2, 0.25) is 5.91 Å². The maximum absolute atomic E-state index is 12.3. The molecule has 6 heteroatoms. The van der Waals surface area contributed by atoms with Crippen molar-refractivity contribution in [3.63, 3.8) is 0 Å². The number of carboxylic acid groups (broad SMARTS) is 1. The van der Waals surface area contributed by atoms with E-state index in [0.29, 0.717) is 17.1 Å². The fourth-order valence-corrected chi connectivity index (χ4v) is 3.60. The van der Waals surface area contributed by atoms with E-state index in [1.165, 1.54) is 11.1 Å². The normalized spacial score (nSPS) is 13.3. The Morgan fingerprint density at radius 1 is 1.25 bits per heavy atom. The van der Waals surface area contributed by atoms with Crippen molar-refractivity contribution in [2.75, 3.05) is 0 Å². The van der Waals surface area contributed by atoms with E-state index in [-0.39, 0.29) is 22.7 Å². The zero-order valence-corrected chi connectivity index (χ0v) is 15.1. The molecule has 0 bridgehead atoms. The summed E-state index contributed by atoms with van der Waals surface area (Å²) in [5.41, 5.74) is 2.82. The monoisotopic (exact) mass is 346 g/mol. The summed E-state index contributed by atoms with van der Waals surface area (Å²) in [6.45, 7) is 7.55. The number of rotatable bonds is 6. The van der Waals surface area contributed by atoms with Gasteiger partial charge in [0.25, 0.3) is 0 Å². The van der Waals surface area contributed by atoms with Crippen LogP contribution in [0.5, 0.6) is 0 Å². The van der Waals surface area contributed by atoms with Gasteiger partial charge < -0.3 is 10.4 Å². The van der Waals surface area contributed by atoms with Crippen LogP contribution in [0.1, 0.15) is 63.7 Å². The number of aryl methyl sites for hydroxylation is 2. The molecular formula is C18H22N2O3S. The summed E-state index contributed by atoms with van der Waals surface area (Å²) in [7, 11) is 0. The van der Waals surface area contributed by atoms with Gasteiger partial charge in [-0.15, -0.1) is 11.3 Å². The minimum atomic E-state index is -0.983. The number of benzene rings is 1. The summed E-state index contributed by atoms with van der Waals surface area (Å²) in [6, 6.07) is 7.74. The van der Waals surface area contributed by atoms with Crippen molar-refractivity contribution in [1.82, 2.24) is 10.3 Å². The summed E-state index contributed by atoms with van der Waals surface area (Å²) < 4.78 is 0. The Bertz CT molecular complexity index is 754. The highest BCUT2D eigenvalue weighted by atomic mass is 32.1. The lowest BCUT2D eigenvalue weighted by Gasteiger charge is -2.16. The molecule has 0 fully saturated rings. The van der Waals surface area contributed by atoms with Crippen LogP contribution in [0.15, 0.2) is 24.3 Å². The van der Waals surface area contributed by atoms with Crippen LogP contribution in [-0.2, 0) is 4.79 Å². The van der Waals surface area contributed by atoms with Gasteiger partial charge in [0.1, 0.15) is 9.88 Å². The van der Waals surface area contributed by atoms with Crippen LogP contribution in [0.25, 0.3) is 0 Å². The molecule has 1 amide bonds. The van der Waals surface area contributed by atoms with Crippen LogP contribution in [0.3, 0.4) is 0 Å². The second-order valence-corrected chi connectivity index (χ2v) is 7.05. The number of carbonyl (C=O) groups is 2. The van der Waals surface area contributed by atoms with Gasteiger partial charge in [-0.05, 0) is 37.8 Å². The smallest absolute Gasteiger partial charge is 0.347 e. The number of hydrogen-bond donors (Lipinski definition) is 2. The van der Waals surface area contributed by atoms with E-state index in [1.807, 2.05) is 45.0 Å². The molecule has 0 radical (unpaired) electrons. The molecule has 24 heavy (non-hydrogen) atoms. The molecule has 2 atom stereocenters. The van der Waals surface area contributed by atoms with Gasteiger partial charge in [0, 0.05) is 6.42 Å². The van der Waals surface area contributed by atoms with E-state index in [1.54, 1.807) is 6.92 Å². The standard InChI is InChI=1S/C18H22N2O3S/c1-10-7-5-6-8-14(10)11(2)9-15(21)19-13(4)17-20-12(3)16(24-17)18(22)23/h5-8,11,13H,9H2,1-4H3,(H,19,21)(H,22,23). The van der Waals surface area contributed by atoms with E-state index in [9.17, 15) is 9.59 Å². The zero-order valence-electron chi connectivity index (χ0n) is 14.3. The lowest BCUT2D eigenvalue weighted by Crippen LogP contribution is -2.27. The van der Waals surface area contributed by atoms with Gasteiger partial charge in [0.15, 0.2) is 0 Å². The number of aromatic carboxylic acids is 1. The quantitative estimate of drug-likeness (QED) is 0.833. The molecule has 1 aromatic carbocycles. The first-order chi connectivity index (χ1) is 11.3. The van der Waals surface area contributed by atoms with Crippen molar-refractivity contribution >= 4 is 23.2 Å². The predicted molar refractivity (Wildman–Crippen MR) is 94.6 cm³/mol. The van der Waals surface area contributed by atoms with E-state index in [0.717, 1.165) is 11.3 Å². The summed E-state index contributed by atoms with van der Waals surface area (Å²) in [5.74, 6) is -0.933. The molecule has 0 aliphatic carbocycles. The molecule has 0 saturated carbocycles. The van der Waals surface area contributed by atoms with Gasteiger partial charge in [0.05, 0.1) is 11.7 Å². The molecule has 128 valence electrons. The van der Waals surface area contributed by atoms with Crippen LogP contribution in [0.2, 0.25) is 0 Å². The minimum absolute atomic E-state index is 0.0667. The maximum atomic E-state index is 12.3. The Labute approximate surface area is 145 Å². The Hall–Kier alpha value is -2.21. The molecule has 2 aromatic rings. The first-order valence-corrected chi connectivity index (χ1v) is 8.66. The molecule has 2 rings (SSSR count). The number of carbonyl (C=O) groups excluding carboxylic acids is 1. The molecule has 5 nitrogen and oxygen atoms in total. The maximum Gasteiger partial charge on any atom is 0.347 e. The van der Waals surface area contributed by atoms with Gasteiger partial charge in [-0.3, -0.25) is 4.79 Å². The van der Waals surface area contributed by atoms with Gasteiger partial charge in [-0.25, -0.2) is 9.78 Å². The lowest BCUT2D eigenvalue weighted by atomic mass is 9.93. The summed E-state index contributed by atoms with van der Waals surface area (Å²) >= 11 is 1.11. The van der Waals surface area contributed by atoms with Crippen LogP contribution in [0, 0.1) is 13.8 Å². The fraction of sp³-hybridized carbons (Fsp3) is 0.389. The van der Waals surface area contributed by atoms with E-state index >= 15 is 0 Å². The Morgan fingerprint density at radius 3 is 2.50 bits per heavy atom. The van der Waals surface area contributed by atoms with Crippen molar-refractivity contribution in [3.05, 3.63) is 51.0 Å². The number of aromatic nitrogens is 1. The summed E-state index contributed by atoms with van der Waals surface area (Å²) in [5, 5.41) is 12.6. The highest BCUT2D eigenvalue weighted by Gasteiger charge is 2.20. The van der Waals surface area contributed by atoms with Crippen molar-refractivity contribution < 1.29 is 14.7 Å². The highest BCUT2D eigenvalue weighted by Crippen LogP contribution is 2.25. The molecule has 0 aliphatic heterocycles. The first kappa shape index (κ1) is 18.1. The molecule has 1 heterocycles. The van der Waals surface area contributed by atoms with Crippen molar-refractivity contribution in [3.8, 4) is 0 Å². The Balaban J connectivity index is 2.00. The fourth-order valence-electron chi connectivity index (χ4n) is 2.69. The van der Waals surface area contributed by atoms with Gasteiger partial charge >= 0.3 is 5.97 Å². The molecular weight excluding hydrogens is 324 g/mol. The molecule has 2 N–H and O–H groups in total. The largest absolute Gasteiger partial charge is 0.477 e. The average Bonchev–Trinajstić information content (AvgIpc) is 2.89. The number of nitrogens with one attached hydrogen (secondary N) is 1. The third-order valence-electron chi connectivity index (χ3n) is 3.97. The summed E-state index contributed by atoms with van der Waals surface area (Å²) in [4.78, 5) is 27.9. The lowest BCUT2D eigenvalue weighted by molar-refractivity contribution is -0.122. The minimum Gasteiger partial charge on any atom is -0.477 e. The SMILES string of the molecule is Cc1ccccc1C(C)CC(=O)NC(C)c1nc(C)c(C(=O)O)s1. The van der Waals surface area contributed by atoms with Gasteiger partial charge in [-0.1, -0.05) is 31.2 Å². The van der Waals surface area contributed by atoms with E-state index in [4.69, 9.17) is 5.11 Å². The molecule has 2 unspecified atom stereocenters. The molecule has 1 aromatic heterocycles. The number of thiazole rings is 1. The van der Waals surface area contributed by atoms with Crippen LogP contribution in [0.4, 0.5) is 0 Å². The molecule has 0 aliphatic rings. The highest BCUT2D eigenvalue weighted by molar-refractivity contribution is 7.13. The molecule has 0 saturated heterocycles. The average molecular weight is 346 g/mol. The summed E-state index contributed by atoms with van der Waals surface area (Å²) in [6.07, 6.45) is 0.380. The first-order valence-electron chi connectivity index (χ1n) is 7.85. The third kappa shape index (κ3) is 4.20. The third-order valence-corrected chi connectivity index (χ3v) is 5.29. The van der Waals surface area contributed by atoms with Crippen molar-refractivity contribution in [1.29, 1.82) is 0 Å². The van der Waals surface area contributed by atoms with Crippen LogP contribution >= 0.6 is 11.3 Å². The zero-order chi connectivity index (χ0) is 17.9. The van der Waals surface area contributed by atoms with Crippen LogP contribution < -0.4 is 5.32 Å². The van der Waals surface area contributed by atoms with E-state index in [2.05, 4.69) is 10.3 Å². The van der Waals surface area contributed by atoms with Gasteiger partial charge in [-0.2, -0.15) is 0 Å². The second kappa shape index (κ2) is 7.57. The number of amides is 1. The second-order valence-electron chi connectivity index (χ2n) is 6.02. The number of nitrogens with zero attached hydrogens (tertiary/aromatic N) is 1. The number of hydrogen-bond acceptors (Lipinski definition) is 4. The van der Waals surface area contributed by atoms with E-state index < -0.39 is 5.97 Å². The van der Waals surface area contributed by atoms with Crippen molar-refractivity contribution in [2.45, 2.75) is 46.1 Å². The Kier molecular flexibility index (Phi) is 5.72. The number of carboxylic acids is 1. The van der Waals surface area contributed by atoms with Crippen molar-refractivity contribution in [2.24, 2.45) is 0 Å².